The molecule has 5 rings (SSSR count). The predicted molar refractivity (Wildman–Crippen MR) is 126 cm³/mol. The number of ether oxygens (including phenoxy) is 2. The Bertz CT molecular complexity index is 1050. The predicted octanol–water partition coefficient (Wildman–Crippen LogP) is 2.69. The fourth-order valence-electron chi connectivity index (χ4n) is 5.73. The summed E-state index contributed by atoms with van der Waals surface area (Å²) < 4.78 is 11.0. The Balaban J connectivity index is 1.40. The Morgan fingerprint density at radius 3 is 2.52 bits per heavy atom. The highest BCUT2D eigenvalue weighted by Gasteiger charge is 2.55. The van der Waals surface area contributed by atoms with Crippen molar-refractivity contribution >= 4 is 17.5 Å². The van der Waals surface area contributed by atoms with E-state index in [1.54, 1.807) is 14.2 Å². The first-order valence-corrected chi connectivity index (χ1v) is 11.7. The van der Waals surface area contributed by atoms with Crippen LogP contribution in [-0.4, -0.2) is 74.6 Å². The molecule has 2 aromatic carbocycles. The number of hydrogen-bond donors (Lipinski definition) is 0. The SMILES string of the molecule is COc1cccc([C@]2(C(=O)N3CCN(c4ccccc4OC)CC3)C[C@@H]3CCC(=O)N3C2)c1. The van der Waals surface area contributed by atoms with E-state index in [1.807, 2.05) is 52.3 Å². The third kappa shape index (κ3) is 3.69. The van der Waals surface area contributed by atoms with Gasteiger partial charge < -0.3 is 24.2 Å². The molecule has 0 unspecified atom stereocenters. The fourth-order valence-corrected chi connectivity index (χ4v) is 5.73. The number of fused-ring (bicyclic) bond motifs is 1. The minimum absolute atomic E-state index is 0.123. The first-order valence-electron chi connectivity index (χ1n) is 11.7. The number of anilines is 1. The summed E-state index contributed by atoms with van der Waals surface area (Å²) in [6.45, 7) is 3.22. The molecule has 3 heterocycles. The molecule has 7 nitrogen and oxygen atoms in total. The van der Waals surface area contributed by atoms with E-state index in [9.17, 15) is 9.59 Å². The zero-order chi connectivity index (χ0) is 23.0. The van der Waals surface area contributed by atoms with Crippen molar-refractivity contribution < 1.29 is 19.1 Å². The lowest BCUT2D eigenvalue weighted by molar-refractivity contribution is -0.138. The molecule has 2 amide bonds. The van der Waals surface area contributed by atoms with E-state index < -0.39 is 5.41 Å². The molecule has 3 aliphatic rings. The van der Waals surface area contributed by atoms with Gasteiger partial charge in [0.1, 0.15) is 11.5 Å². The molecule has 0 radical (unpaired) electrons. The minimum Gasteiger partial charge on any atom is -0.497 e. The van der Waals surface area contributed by atoms with Crippen molar-refractivity contribution in [1.82, 2.24) is 9.80 Å². The molecular formula is C26H31N3O4. The molecule has 3 saturated heterocycles. The molecule has 2 aromatic rings. The third-order valence-electron chi connectivity index (χ3n) is 7.50. The lowest BCUT2D eigenvalue weighted by Crippen LogP contribution is -2.55. The second kappa shape index (κ2) is 8.61. The summed E-state index contributed by atoms with van der Waals surface area (Å²) in [5.41, 5.74) is 1.28. The number of rotatable bonds is 5. The monoisotopic (exact) mass is 449 g/mol. The quantitative estimate of drug-likeness (QED) is 0.703. The number of carbonyl (C=O) groups is 2. The summed E-state index contributed by atoms with van der Waals surface area (Å²) in [6, 6.07) is 16.0. The van der Waals surface area contributed by atoms with Crippen molar-refractivity contribution in [2.75, 3.05) is 51.8 Å². The van der Waals surface area contributed by atoms with E-state index in [1.165, 1.54) is 0 Å². The molecule has 2 atom stereocenters. The van der Waals surface area contributed by atoms with Crippen molar-refractivity contribution in [3.63, 3.8) is 0 Å². The van der Waals surface area contributed by atoms with Gasteiger partial charge in [-0.25, -0.2) is 0 Å². The number of methoxy groups -OCH3 is 2. The lowest BCUT2D eigenvalue weighted by atomic mass is 9.76. The van der Waals surface area contributed by atoms with Gasteiger partial charge in [-0.3, -0.25) is 9.59 Å². The first-order chi connectivity index (χ1) is 16.1. The summed E-state index contributed by atoms with van der Waals surface area (Å²) in [5.74, 6) is 1.87. The number of piperazine rings is 1. The molecule has 0 bridgehead atoms. The first kappa shape index (κ1) is 21.6. The van der Waals surface area contributed by atoms with Gasteiger partial charge in [0.25, 0.3) is 0 Å². The van der Waals surface area contributed by atoms with Crippen molar-refractivity contribution in [2.45, 2.75) is 30.7 Å². The van der Waals surface area contributed by atoms with Gasteiger partial charge in [-0.1, -0.05) is 24.3 Å². The van der Waals surface area contributed by atoms with Crippen LogP contribution in [-0.2, 0) is 15.0 Å². The smallest absolute Gasteiger partial charge is 0.235 e. The summed E-state index contributed by atoms with van der Waals surface area (Å²) in [5, 5.41) is 0. The third-order valence-corrected chi connectivity index (χ3v) is 7.50. The standard InChI is InChI=1S/C26H31N3O4/c1-32-21-7-5-6-19(16-21)26(17-20-10-11-24(30)29(20)18-26)25(31)28-14-12-27(13-15-28)22-8-3-4-9-23(22)33-2/h3-9,16,20H,10-15,17-18H2,1-2H3/t20-,26-/m0/s1. The van der Waals surface area contributed by atoms with Gasteiger partial charge >= 0.3 is 0 Å². The van der Waals surface area contributed by atoms with E-state index in [4.69, 9.17) is 9.47 Å². The molecule has 3 fully saturated rings. The van der Waals surface area contributed by atoms with Gasteiger partial charge in [-0.15, -0.1) is 0 Å². The van der Waals surface area contributed by atoms with Gasteiger partial charge in [0, 0.05) is 45.2 Å². The highest BCUT2D eigenvalue weighted by atomic mass is 16.5. The van der Waals surface area contributed by atoms with Gasteiger partial charge in [0.2, 0.25) is 11.8 Å². The zero-order valence-corrected chi connectivity index (χ0v) is 19.3. The van der Waals surface area contributed by atoms with Crippen LogP contribution in [0.2, 0.25) is 0 Å². The summed E-state index contributed by atoms with van der Waals surface area (Å²) >= 11 is 0. The maximum absolute atomic E-state index is 14.1. The van der Waals surface area contributed by atoms with E-state index in [-0.39, 0.29) is 17.9 Å². The number of hydrogen-bond acceptors (Lipinski definition) is 5. The Morgan fingerprint density at radius 1 is 1.00 bits per heavy atom. The molecule has 0 saturated carbocycles. The maximum atomic E-state index is 14.1. The Kier molecular flexibility index (Phi) is 5.64. The number of para-hydroxylation sites is 2. The topological polar surface area (TPSA) is 62.3 Å². The van der Waals surface area contributed by atoms with E-state index in [0.29, 0.717) is 32.5 Å². The molecule has 7 heteroatoms. The van der Waals surface area contributed by atoms with Gasteiger partial charge in [-0.2, -0.15) is 0 Å². The van der Waals surface area contributed by atoms with Crippen LogP contribution in [0, 0.1) is 0 Å². The van der Waals surface area contributed by atoms with Crippen LogP contribution in [0.1, 0.15) is 24.8 Å². The minimum atomic E-state index is -0.720. The van der Waals surface area contributed by atoms with Crippen LogP contribution in [0.25, 0.3) is 0 Å². The Hall–Kier alpha value is -3.22. The summed E-state index contributed by atoms with van der Waals surface area (Å²) in [6.07, 6.45) is 2.10. The molecule has 33 heavy (non-hydrogen) atoms. The average molecular weight is 450 g/mol. The number of benzene rings is 2. The second-order valence-electron chi connectivity index (χ2n) is 9.18. The van der Waals surface area contributed by atoms with Gasteiger partial charge in [-0.05, 0) is 42.7 Å². The van der Waals surface area contributed by atoms with E-state index >= 15 is 0 Å². The molecule has 0 aromatic heterocycles. The molecule has 0 N–H and O–H groups in total. The second-order valence-corrected chi connectivity index (χ2v) is 9.18. The van der Waals surface area contributed by atoms with Crippen LogP contribution >= 0.6 is 0 Å². The van der Waals surface area contributed by atoms with Gasteiger partial charge in [0.15, 0.2) is 0 Å². The van der Waals surface area contributed by atoms with Crippen molar-refractivity contribution in [1.29, 1.82) is 0 Å². The number of carbonyl (C=O) groups excluding carboxylic acids is 2. The normalized spacial score (nSPS) is 24.7. The Labute approximate surface area is 194 Å². The van der Waals surface area contributed by atoms with Crippen LogP contribution in [0.3, 0.4) is 0 Å². The van der Waals surface area contributed by atoms with Crippen LogP contribution in [0.15, 0.2) is 48.5 Å². The lowest BCUT2D eigenvalue weighted by Gasteiger charge is -2.41. The fraction of sp³-hybridized carbons (Fsp3) is 0.462. The molecular weight excluding hydrogens is 418 g/mol. The highest BCUT2D eigenvalue weighted by molar-refractivity contribution is 5.92. The Morgan fingerprint density at radius 2 is 1.79 bits per heavy atom. The molecule has 3 aliphatic heterocycles. The van der Waals surface area contributed by atoms with E-state index in [2.05, 4.69) is 11.0 Å². The van der Waals surface area contributed by atoms with Crippen molar-refractivity contribution in [3.05, 3.63) is 54.1 Å². The van der Waals surface area contributed by atoms with Crippen LogP contribution in [0.5, 0.6) is 11.5 Å². The van der Waals surface area contributed by atoms with Gasteiger partial charge in [0.05, 0.1) is 25.3 Å². The van der Waals surface area contributed by atoms with E-state index in [0.717, 1.165) is 42.3 Å². The van der Waals surface area contributed by atoms with Crippen LogP contribution < -0.4 is 14.4 Å². The summed E-state index contributed by atoms with van der Waals surface area (Å²) in [4.78, 5) is 32.8. The number of nitrogens with zero attached hydrogens (tertiary/aromatic N) is 3. The van der Waals surface area contributed by atoms with Crippen molar-refractivity contribution in [2.24, 2.45) is 0 Å². The largest absolute Gasteiger partial charge is 0.497 e. The summed E-state index contributed by atoms with van der Waals surface area (Å²) in [7, 11) is 3.32. The number of amides is 2. The highest BCUT2D eigenvalue weighted by Crippen LogP contribution is 2.45. The maximum Gasteiger partial charge on any atom is 0.235 e. The average Bonchev–Trinajstić information content (AvgIpc) is 3.43. The van der Waals surface area contributed by atoms with Crippen LogP contribution in [0.4, 0.5) is 5.69 Å². The molecule has 0 spiro atoms. The van der Waals surface area contributed by atoms with Crippen molar-refractivity contribution in [3.8, 4) is 11.5 Å². The zero-order valence-electron chi connectivity index (χ0n) is 19.3. The molecule has 174 valence electrons. The molecule has 0 aliphatic carbocycles.